The third-order valence-electron chi connectivity index (χ3n) is 7.78. The lowest BCUT2D eigenvalue weighted by atomic mass is 9.97. The summed E-state index contributed by atoms with van der Waals surface area (Å²) < 4.78 is 47.0. The van der Waals surface area contributed by atoms with Crippen LogP contribution in [0, 0.1) is 0 Å². The second-order valence-corrected chi connectivity index (χ2v) is 13.6. The number of thioether (sulfide) groups is 1. The molecule has 41 heavy (non-hydrogen) atoms. The minimum atomic E-state index is -4.69. The summed E-state index contributed by atoms with van der Waals surface area (Å²) in [4.78, 5) is 38.8. The zero-order valence-electron chi connectivity index (χ0n) is 22.5. The third kappa shape index (κ3) is 4.41. The van der Waals surface area contributed by atoms with Gasteiger partial charge < -0.3 is 15.5 Å². The van der Waals surface area contributed by atoms with Crippen LogP contribution in [0.15, 0.2) is 33.8 Å². The minimum absolute atomic E-state index is 0.0227. The number of anilines is 2. The average molecular weight is 621 g/mol. The van der Waals surface area contributed by atoms with Gasteiger partial charge in [-0.3, -0.25) is 9.36 Å². The van der Waals surface area contributed by atoms with Gasteiger partial charge in [0.25, 0.3) is 0 Å². The smallest absolute Gasteiger partial charge is 0.375 e. The van der Waals surface area contributed by atoms with E-state index in [2.05, 4.69) is 16.5 Å². The number of alkyl halides is 3. The van der Waals surface area contributed by atoms with Crippen molar-refractivity contribution in [3.05, 3.63) is 40.1 Å². The summed E-state index contributed by atoms with van der Waals surface area (Å²) in [6.45, 7) is 9.89. The quantitative estimate of drug-likeness (QED) is 0.280. The number of nitrogens with zero attached hydrogens (tertiary/aromatic N) is 5. The van der Waals surface area contributed by atoms with E-state index in [4.69, 9.17) is 5.73 Å². The largest absolute Gasteiger partial charge is 0.417 e. The van der Waals surface area contributed by atoms with Crippen molar-refractivity contribution in [2.75, 3.05) is 29.5 Å². The Morgan fingerprint density at radius 1 is 1.24 bits per heavy atom. The number of carbonyl (C=O) groups is 1. The molecule has 3 atom stereocenters. The Bertz CT molecular complexity index is 1770. The van der Waals surface area contributed by atoms with Gasteiger partial charge in [0, 0.05) is 63.8 Å². The van der Waals surface area contributed by atoms with Crippen LogP contribution in [-0.4, -0.2) is 56.3 Å². The number of nitrogens with two attached hydrogens (primary N) is 1. The van der Waals surface area contributed by atoms with Crippen molar-refractivity contribution in [1.29, 1.82) is 0 Å². The Kier molecular flexibility index (Phi) is 6.85. The van der Waals surface area contributed by atoms with Crippen molar-refractivity contribution >= 4 is 71.7 Å². The molecule has 14 heteroatoms. The molecule has 1 unspecified atom stereocenters. The first-order chi connectivity index (χ1) is 19.4. The average Bonchev–Trinajstić information content (AvgIpc) is 3.47. The van der Waals surface area contributed by atoms with Crippen LogP contribution >= 0.6 is 34.4 Å². The number of benzene rings is 1. The first-order valence-corrected chi connectivity index (χ1v) is 15.8. The molecule has 216 valence electrons. The molecule has 0 spiro atoms. The Labute approximate surface area is 245 Å². The summed E-state index contributed by atoms with van der Waals surface area (Å²) in [6.07, 6.45) is -2.81. The number of fused-ring (bicyclic) bond motifs is 1. The Morgan fingerprint density at radius 3 is 2.59 bits per heavy atom. The molecule has 0 bridgehead atoms. The van der Waals surface area contributed by atoms with Gasteiger partial charge in [-0.05, 0) is 32.4 Å². The lowest BCUT2D eigenvalue weighted by Crippen LogP contribution is -2.58. The van der Waals surface area contributed by atoms with E-state index in [9.17, 15) is 22.8 Å². The van der Waals surface area contributed by atoms with Crippen molar-refractivity contribution in [3.63, 3.8) is 0 Å². The highest BCUT2D eigenvalue weighted by atomic mass is 32.2. The predicted molar refractivity (Wildman–Crippen MR) is 160 cm³/mol. The van der Waals surface area contributed by atoms with E-state index in [0.717, 1.165) is 10.1 Å². The van der Waals surface area contributed by atoms with Crippen molar-refractivity contribution < 1.29 is 18.0 Å². The van der Waals surface area contributed by atoms with Crippen molar-refractivity contribution in [1.82, 2.24) is 19.4 Å². The number of thiophene rings is 1. The second-order valence-electron chi connectivity index (χ2n) is 10.4. The first kappa shape index (κ1) is 28.0. The van der Waals surface area contributed by atoms with Gasteiger partial charge >= 0.3 is 11.9 Å². The highest BCUT2D eigenvalue weighted by Gasteiger charge is 2.41. The molecular formula is C27H27F3N6O2S3. The molecular weight excluding hydrogens is 594 g/mol. The van der Waals surface area contributed by atoms with Gasteiger partial charge in [0.2, 0.25) is 5.91 Å². The van der Waals surface area contributed by atoms with E-state index in [1.54, 1.807) is 14.8 Å². The Morgan fingerprint density at radius 2 is 1.95 bits per heavy atom. The lowest BCUT2D eigenvalue weighted by molar-refractivity contribution is -0.137. The molecule has 0 saturated carbocycles. The number of halogens is 3. The number of aromatic nitrogens is 3. The molecule has 2 aliphatic rings. The first-order valence-electron chi connectivity index (χ1n) is 13.1. The number of thiazole rings is 1. The van der Waals surface area contributed by atoms with Gasteiger partial charge in [-0.1, -0.05) is 24.8 Å². The van der Waals surface area contributed by atoms with Crippen molar-refractivity contribution in [2.24, 2.45) is 0 Å². The molecule has 1 amide bonds. The lowest BCUT2D eigenvalue weighted by Gasteiger charge is -2.45. The monoisotopic (exact) mass is 620 g/mol. The second kappa shape index (κ2) is 10.0. The van der Waals surface area contributed by atoms with E-state index in [0.29, 0.717) is 46.8 Å². The SMILES string of the molecule is C=CC(=O)N1[C@H](C)CN(c2nc(=O)n3c4c(c(-c5csc6sc(N)nc56)c(C(F)(F)F)cc24)SCC3CC)C[C@@H]1C. The Balaban J connectivity index is 1.66. The predicted octanol–water partition coefficient (Wildman–Crippen LogP) is 6.00. The highest BCUT2D eigenvalue weighted by Crippen LogP contribution is 2.52. The minimum Gasteiger partial charge on any atom is -0.375 e. The summed E-state index contributed by atoms with van der Waals surface area (Å²) >= 11 is 3.88. The fourth-order valence-corrected chi connectivity index (χ4v) is 9.42. The van der Waals surface area contributed by atoms with E-state index in [1.165, 1.54) is 40.5 Å². The van der Waals surface area contributed by atoms with Gasteiger partial charge in [0.1, 0.15) is 15.3 Å². The zero-order valence-corrected chi connectivity index (χ0v) is 24.9. The van der Waals surface area contributed by atoms with E-state index >= 15 is 0 Å². The third-order valence-corrected chi connectivity index (χ3v) is 11.0. The normalized spacial score (nSPS) is 21.2. The van der Waals surface area contributed by atoms with E-state index in [1.807, 2.05) is 25.7 Å². The molecule has 2 aliphatic heterocycles. The van der Waals surface area contributed by atoms with Crippen LogP contribution in [0.25, 0.3) is 31.6 Å². The van der Waals surface area contributed by atoms with Crippen LogP contribution in [-0.2, 0) is 11.0 Å². The van der Waals surface area contributed by atoms with Crippen LogP contribution in [0.5, 0.6) is 0 Å². The number of carbonyl (C=O) groups excluding carboxylic acids is 1. The molecule has 0 radical (unpaired) electrons. The van der Waals surface area contributed by atoms with E-state index in [-0.39, 0.29) is 45.9 Å². The van der Waals surface area contributed by atoms with Crippen molar-refractivity contribution in [2.45, 2.75) is 56.4 Å². The molecule has 1 fully saturated rings. The summed E-state index contributed by atoms with van der Waals surface area (Å²) in [5.41, 5.74) is 5.90. The van der Waals surface area contributed by atoms with Gasteiger partial charge in [-0.2, -0.15) is 18.2 Å². The van der Waals surface area contributed by atoms with Crippen LogP contribution < -0.4 is 16.3 Å². The zero-order chi connectivity index (χ0) is 29.4. The summed E-state index contributed by atoms with van der Waals surface area (Å²) in [7, 11) is 0. The maximum Gasteiger partial charge on any atom is 0.417 e. The van der Waals surface area contributed by atoms with Gasteiger partial charge in [0.05, 0.1) is 11.1 Å². The molecule has 2 N–H and O–H groups in total. The fraction of sp³-hybridized carbons (Fsp3) is 0.407. The standard InChI is InChI=1S/C27H27F3N6O2S3/c1-5-14-10-39-22-19(16-11-40-24-20(16)32-25(31)41-24)17(27(28,29)30)7-15-21(22)36(14)26(38)33-23(15)34-8-12(3)35(13(4)9-34)18(37)6-2/h6-7,11-14H,2,5,8-10H2,1,3-4H3,(H2,31,32)/t12-,13+,14?. The molecule has 1 aromatic carbocycles. The number of amides is 1. The summed E-state index contributed by atoms with van der Waals surface area (Å²) in [5, 5.41) is 2.25. The number of piperazine rings is 1. The highest BCUT2D eigenvalue weighted by molar-refractivity contribution is 7.99. The molecule has 0 aliphatic carbocycles. The molecule has 5 heterocycles. The van der Waals surface area contributed by atoms with Crippen LogP contribution in [0.4, 0.5) is 24.1 Å². The summed E-state index contributed by atoms with van der Waals surface area (Å²) in [6, 6.07) is 0.375. The maximum atomic E-state index is 14.9. The molecule has 1 saturated heterocycles. The van der Waals surface area contributed by atoms with Gasteiger partial charge in [-0.25, -0.2) is 9.78 Å². The van der Waals surface area contributed by atoms with Gasteiger partial charge in [0.15, 0.2) is 5.13 Å². The van der Waals surface area contributed by atoms with Crippen molar-refractivity contribution in [3.8, 4) is 11.1 Å². The number of hydrogen-bond acceptors (Lipinski definition) is 9. The maximum absolute atomic E-state index is 14.9. The topological polar surface area (TPSA) is 97.4 Å². The van der Waals surface area contributed by atoms with E-state index < -0.39 is 17.4 Å². The number of nitrogen functional groups attached to an aromatic ring is 1. The fourth-order valence-electron chi connectivity index (χ4n) is 6.08. The molecule has 4 aromatic rings. The Hall–Kier alpha value is -3.10. The van der Waals surface area contributed by atoms with Crippen LogP contribution in [0.2, 0.25) is 0 Å². The molecule has 3 aromatic heterocycles. The summed E-state index contributed by atoms with van der Waals surface area (Å²) in [5.74, 6) is 0.427. The van der Waals surface area contributed by atoms with Crippen LogP contribution in [0.1, 0.15) is 38.8 Å². The molecule has 8 nitrogen and oxygen atoms in total. The number of rotatable bonds is 4. The van der Waals surface area contributed by atoms with Crippen LogP contribution in [0.3, 0.4) is 0 Å². The molecule has 6 rings (SSSR count). The number of hydrogen-bond donors (Lipinski definition) is 1. The van der Waals surface area contributed by atoms with Gasteiger partial charge in [-0.15, -0.1) is 23.1 Å².